The van der Waals surface area contributed by atoms with Crippen LogP contribution in [0.4, 0.5) is 0 Å². The molecule has 0 radical (unpaired) electrons. The van der Waals surface area contributed by atoms with Crippen molar-refractivity contribution in [3.05, 3.63) is 0 Å². The summed E-state index contributed by atoms with van der Waals surface area (Å²) >= 11 is 0. The van der Waals surface area contributed by atoms with Crippen molar-refractivity contribution >= 4 is 0 Å². The zero-order chi connectivity index (χ0) is 10.3. The molecule has 0 atom stereocenters. The van der Waals surface area contributed by atoms with E-state index in [1.165, 1.54) is 0 Å². The zero-order valence-corrected chi connectivity index (χ0v) is 9.52. The minimum atomic E-state index is -0.127. The molecule has 0 aromatic carbocycles. The average molecular weight is 189 g/mol. The number of ether oxygens (including phenoxy) is 1. The highest BCUT2D eigenvalue weighted by Gasteiger charge is 2.09. The van der Waals surface area contributed by atoms with E-state index in [2.05, 4.69) is 19.3 Å². The SMILES string of the molecule is CC(C)COCCNOC(C)(C)C. The van der Waals surface area contributed by atoms with Crippen LogP contribution in [0.15, 0.2) is 0 Å². The Morgan fingerprint density at radius 2 is 1.85 bits per heavy atom. The lowest BCUT2D eigenvalue weighted by atomic mass is 10.2. The van der Waals surface area contributed by atoms with E-state index in [1.807, 2.05) is 20.8 Å². The number of rotatable bonds is 6. The molecule has 0 saturated heterocycles. The molecule has 0 aliphatic heterocycles. The lowest BCUT2D eigenvalue weighted by molar-refractivity contribution is -0.0794. The highest BCUT2D eigenvalue weighted by Crippen LogP contribution is 2.02. The van der Waals surface area contributed by atoms with E-state index in [1.54, 1.807) is 0 Å². The van der Waals surface area contributed by atoms with Gasteiger partial charge in [0.2, 0.25) is 0 Å². The van der Waals surface area contributed by atoms with Gasteiger partial charge in [-0.1, -0.05) is 13.8 Å². The summed E-state index contributed by atoms with van der Waals surface area (Å²) < 4.78 is 5.37. The normalized spacial score (nSPS) is 12.5. The van der Waals surface area contributed by atoms with Crippen molar-refractivity contribution in [2.24, 2.45) is 5.92 Å². The van der Waals surface area contributed by atoms with Gasteiger partial charge < -0.3 is 4.74 Å². The maximum Gasteiger partial charge on any atom is 0.0812 e. The molecule has 3 heteroatoms. The van der Waals surface area contributed by atoms with Gasteiger partial charge in [-0.25, -0.2) is 0 Å². The summed E-state index contributed by atoms with van der Waals surface area (Å²) in [4.78, 5) is 5.31. The van der Waals surface area contributed by atoms with Crippen molar-refractivity contribution in [3.8, 4) is 0 Å². The maximum absolute atomic E-state index is 5.37. The van der Waals surface area contributed by atoms with Gasteiger partial charge in [-0.2, -0.15) is 5.48 Å². The number of hydroxylamine groups is 1. The zero-order valence-electron chi connectivity index (χ0n) is 9.52. The van der Waals surface area contributed by atoms with Crippen LogP contribution in [0.25, 0.3) is 0 Å². The largest absolute Gasteiger partial charge is 0.380 e. The fraction of sp³-hybridized carbons (Fsp3) is 1.00. The Labute approximate surface area is 81.8 Å². The molecule has 0 aliphatic rings. The third-order valence-corrected chi connectivity index (χ3v) is 1.18. The van der Waals surface area contributed by atoms with Gasteiger partial charge in [0.15, 0.2) is 0 Å². The maximum atomic E-state index is 5.37. The summed E-state index contributed by atoms with van der Waals surface area (Å²) in [6, 6.07) is 0. The Balaban J connectivity index is 3.09. The Bertz CT molecular complexity index is 119. The highest BCUT2D eigenvalue weighted by molar-refractivity contribution is 4.56. The molecule has 0 saturated carbocycles. The highest BCUT2D eigenvalue weighted by atomic mass is 16.7. The molecule has 0 heterocycles. The van der Waals surface area contributed by atoms with Crippen LogP contribution in [0.3, 0.4) is 0 Å². The van der Waals surface area contributed by atoms with Gasteiger partial charge in [0.1, 0.15) is 0 Å². The second kappa shape index (κ2) is 6.35. The fourth-order valence-corrected chi connectivity index (χ4v) is 0.700. The second-order valence-corrected chi connectivity index (χ2v) is 4.58. The smallest absolute Gasteiger partial charge is 0.0812 e. The molecule has 0 unspecified atom stereocenters. The molecular formula is C10H23NO2. The van der Waals surface area contributed by atoms with E-state index in [9.17, 15) is 0 Å². The van der Waals surface area contributed by atoms with Crippen molar-refractivity contribution in [2.75, 3.05) is 19.8 Å². The lowest BCUT2D eigenvalue weighted by Gasteiger charge is -2.19. The molecule has 0 aromatic rings. The van der Waals surface area contributed by atoms with Crippen molar-refractivity contribution in [1.29, 1.82) is 0 Å². The van der Waals surface area contributed by atoms with E-state index in [4.69, 9.17) is 9.57 Å². The number of hydrogen-bond donors (Lipinski definition) is 1. The van der Waals surface area contributed by atoms with Crippen LogP contribution < -0.4 is 5.48 Å². The molecule has 0 aromatic heterocycles. The first-order valence-electron chi connectivity index (χ1n) is 4.90. The Hall–Kier alpha value is -0.120. The Morgan fingerprint density at radius 1 is 1.23 bits per heavy atom. The van der Waals surface area contributed by atoms with Gasteiger partial charge in [-0.05, 0) is 26.7 Å². The quantitative estimate of drug-likeness (QED) is 0.512. The molecule has 0 bridgehead atoms. The second-order valence-electron chi connectivity index (χ2n) is 4.58. The van der Waals surface area contributed by atoms with Crippen LogP contribution in [-0.4, -0.2) is 25.4 Å². The van der Waals surface area contributed by atoms with Crippen molar-refractivity contribution in [1.82, 2.24) is 5.48 Å². The van der Waals surface area contributed by atoms with Crippen molar-refractivity contribution in [2.45, 2.75) is 40.2 Å². The minimum Gasteiger partial charge on any atom is -0.380 e. The van der Waals surface area contributed by atoms with Gasteiger partial charge in [0.05, 0.1) is 12.2 Å². The molecule has 0 spiro atoms. The Morgan fingerprint density at radius 3 is 2.31 bits per heavy atom. The molecule has 0 fully saturated rings. The summed E-state index contributed by atoms with van der Waals surface area (Å²) in [5.74, 6) is 0.600. The molecule has 80 valence electrons. The molecule has 0 aliphatic carbocycles. The van der Waals surface area contributed by atoms with Crippen LogP contribution >= 0.6 is 0 Å². The van der Waals surface area contributed by atoms with E-state index in [0.29, 0.717) is 12.5 Å². The van der Waals surface area contributed by atoms with E-state index in [-0.39, 0.29) is 5.60 Å². The standard InChI is InChI=1S/C10H23NO2/c1-9(2)8-12-7-6-11-13-10(3,4)5/h9,11H,6-8H2,1-5H3. The van der Waals surface area contributed by atoms with Crippen molar-refractivity contribution in [3.63, 3.8) is 0 Å². The van der Waals surface area contributed by atoms with Crippen LogP contribution in [0, 0.1) is 5.92 Å². The Kier molecular flexibility index (Phi) is 6.29. The van der Waals surface area contributed by atoms with Crippen LogP contribution in [-0.2, 0) is 9.57 Å². The summed E-state index contributed by atoms with van der Waals surface area (Å²) in [5, 5.41) is 0. The van der Waals surface area contributed by atoms with Gasteiger partial charge in [-0.15, -0.1) is 0 Å². The summed E-state index contributed by atoms with van der Waals surface area (Å²) in [7, 11) is 0. The number of nitrogens with one attached hydrogen (secondary N) is 1. The lowest BCUT2D eigenvalue weighted by Crippen LogP contribution is -2.31. The minimum absolute atomic E-state index is 0.127. The summed E-state index contributed by atoms with van der Waals surface area (Å²) in [5.41, 5.74) is 2.75. The van der Waals surface area contributed by atoms with Crippen LogP contribution in [0.1, 0.15) is 34.6 Å². The average Bonchev–Trinajstić information content (AvgIpc) is 1.93. The summed E-state index contributed by atoms with van der Waals surface area (Å²) in [6.45, 7) is 12.6. The predicted octanol–water partition coefficient (Wildman–Crippen LogP) is 1.98. The van der Waals surface area contributed by atoms with Crippen LogP contribution in [0.5, 0.6) is 0 Å². The third-order valence-electron chi connectivity index (χ3n) is 1.18. The van der Waals surface area contributed by atoms with Gasteiger partial charge in [0, 0.05) is 13.2 Å². The summed E-state index contributed by atoms with van der Waals surface area (Å²) in [6.07, 6.45) is 0. The molecular weight excluding hydrogens is 166 g/mol. The molecule has 1 N–H and O–H groups in total. The fourth-order valence-electron chi connectivity index (χ4n) is 0.700. The first-order valence-corrected chi connectivity index (χ1v) is 4.90. The van der Waals surface area contributed by atoms with Gasteiger partial charge in [-0.3, -0.25) is 4.84 Å². The predicted molar refractivity (Wildman–Crippen MR) is 54.5 cm³/mol. The van der Waals surface area contributed by atoms with E-state index >= 15 is 0 Å². The van der Waals surface area contributed by atoms with Gasteiger partial charge in [0.25, 0.3) is 0 Å². The van der Waals surface area contributed by atoms with Gasteiger partial charge >= 0.3 is 0 Å². The van der Waals surface area contributed by atoms with Crippen LogP contribution in [0.2, 0.25) is 0 Å². The van der Waals surface area contributed by atoms with E-state index < -0.39 is 0 Å². The first kappa shape index (κ1) is 12.9. The first-order chi connectivity index (χ1) is 5.92. The molecule has 13 heavy (non-hydrogen) atoms. The van der Waals surface area contributed by atoms with E-state index in [0.717, 1.165) is 13.2 Å². The molecule has 0 amide bonds. The number of hydrogen-bond acceptors (Lipinski definition) is 3. The monoisotopic (exact) mass is 189 g/mol. The topological polar surface area (TPSA) is 30.5 Å². The van der Waals surface area contributed by atoms with Crippen molar-refractivity contribution < 1.29 is 9.57 Å². The molecule has 3 nitrogen and oxygen atoms in total. The third kappa shape index (κ3) is 11.9. The molecule has 0 rings (SSSR count).